The lowest BCUT2D eigenvalue weighted by atomic mass is 10.0. The van der Waals surface area contributed by atoms with Crippen molar-refractivity contribution < 1.29 is 0 Å². The van der Waals surface area contributed by atoms with Gasteiger partial charge in [-0.05, 0) is 38.8 Å². The molecule has 0 atom stereocenters. The number of nitrogens with one attached hydrogen (secondary N) is 1. The first-order valence-electron chi connectivity index (χ1n) is 6.83. The Morgan fingerprint density at radius 3 is 2.53 bits per heavy atom. The van der Waals surface area contributed by atoms with Gasteiger partial charge in [-0.2, -0.15) is 0 Å². The third kappa shape index (κ3) is 3.11. The maximum Gasteiger partial charge on any atom is 0.162 e. The van der Waals surface area contributed by atoms with E-state index in [4.69, 9.17) is 0 Å². The van der Waals surface area contributed by atoms with Crippen LogP contribution < -0.4 is 5.32 Å². The van der Waals surface area contributed by atoms with Crippen molar-refractivity contribution in [2.45, 2.75) is 34.1 Å². The van der Waals surface area contributed by atoms with Gasteiger partial charge in [-0.1, -0.05) is 24.6 Å². The summed E-state index contributed by atoms with van der Waals surface area (Å²) in [5.74, 6) is 1.72. The molecule has 0 amide bonds. The number of anilines is 1. The summed E-state index contributed by atoms with van der Waals surface area (Å²) in [4.78, 5) is 9.28. The van der Waals surface area contributed by atoms with Gasteiger partial charge in [-0.15, -0.1) is 0 Å². The minimum absolute atomic E-state index is 0.816. The molecule has 1 aromatic carbocycles. The van der Waals surface area contributed by atoms with Crippen LogP contribution >= 0.6 is 0 Å². The van der Waals surface area contributed by atoms with E-state index in [0.29, 0.717) is 0 Å². The Bertz CT molecular complexity index is 576. The molecule has 0 saturated carbocycles. The van der Waals surface area contributed by atoms with Gasteiger partial charge in [-0.25, -0.2) is 9.97 Å². The molecule has 1 aromatic heterocycles. The van der Waals surface area contributed by atoms with Gasteiger partial charge in [0.1, 0.15) is 5.82 Å². The number of aryl methyl sites for hydroxylation is 3. The SMILES string of the molecule is CCNc1cc(CC)nc(-c2cc(C)ccc2C)n1. The minimum atomic E-state index is 0.816. The first kappa shape index (κ1) is 13.5. The van der Waals surface area contributed by atoms with Crippen molar-refractivity contribution in [1.29, 1.82) is 0 Å². The van der Waals surface area contributed by atoms with E-state index in [0.717, 1.165) is 35.9 Å². The molecule has 19 heavy (non-hydrogen) atoms. The highest BCUT2D eigenvalue weighted by molar-refractivity contribution is 5.62. The molecule has 1 N–H and O–H groups in total. The maximum atomic E-state index is 4.66. The summed E-state index contributed by atoms with van der Waals surface area (Å²) in [5.41, 5.74) is 4.63. The van der Waals surface area contributed by atoms with Crippen LogP contribution in [0.15, 0.2) is 24.3 Å². The van der Waals surface area contributed by atoms with Crippen LogP contribution in [0, 0.1) is 13.8 Å². The van der Waals surface area contributed by atoms with Crippen LogP contribution in [0.3, 0.4) is 0 Å². The summed E-state index contributed by atoms with van der Waals surface area (Å²) < 4.78 is 0. The lowest BCUT2D eigenvalue weighted by molar-refractivity contribution is 0.996. The first-order chi connectivity index (χ1) is 9.13. The zero-order valence-corrected chi connectivity index (χ0v) is 12.1. The first-order valence-corrected chi connectivity index (χ1v) is 6.83. The zero-order valence-electron chi connectivity index (χ0n) is 12.1. The fourth-order valence-electron chi connectivity index (χ4n) is 2.05. The van der Waals surface area contributed by atoms with Gasteiger partial charge in [0.15, 0.2) is 5.82 Å². The quantitative estimate of drug-likeness (QED) is 0.904. The molecule has 0 radical (unpaired) electrons. The lowest BCUT2D eigenvalue weighted by Crippen LogP contribution is -2.04. The van der Waals surface area contributed by atoms with Gasteiger partial charge in [0.2, 0.25) is 0 Å². The van der Waals surface area contributed by atoms with E-state index >= 15 is 0 Å². The van der Waals surface area contributed by atoms with E-state index in [-0.39, 0.29) is 0 Å². The molecule has 0 saturated heterocycles. The number of rotatable bonds is 4. The Kier molecular flexibility index (Phi) is 4.15. The van der Waals surface area contributed by atoms with E-state index in [1.54, 1.807) is 0 Å². The number of hydrogen-bond acceptors (Lipinski definition) is 3. The third-order valence-corrected chi connectivity index (χ3v) is 3.13. The largest absolute Gasteiger partial charge is 0.370 e. The third-order valence-electron chi connectivity index (χ3n) is 3.13. The van der Waals surface area contributed by atoms with Crippen LogP contribution in [0.1, 0.15) is 30.7 Å². The van der Waals surface area contributed by atoms with Crippen molar-refractivity contribution in [3.8, 4) is 11.4 Å². The zero-order chi connectivity index (χ0) is 13.8. The highest BCUT2D eigenvalue weighted by Crippen LogP contribution is 2.23. The van der Waals surface area contributed by atoms with Gasteiger partial charge < -0.3 is 5.32 Å². The average molecular weight is 255 g/mol. The standard InChI is InChI=1S/C16H21N3/c1-5-13-10-15(17-6-2)19-16(18-13)14-9-11(3)7-8-12(14)4/h7-10H,5-6H2,1-4H3,(H,17,18,19). The monoisotopic (exact) mass is 255 g/mol. The van der Waals surface area contributed by atoms with Crippen LogP contribution in [0.25, 0.3) is 11.4 Å². The van der Waals surface area contributed by atoms with Crippen molar-refractivity contribution in [1.82, 2.24) is 9.97 Å². The predicted octanol–water partition coefficient (Wildman–Crippen LogP) is 3.75. The number of hydrogen-bond donors (Lipinski definition) is 1. The van der Waals surface area contributed by atoms with Crippen LogP contribution in [0.5, 0.6) is 0 Å². The molecule has 3 heteroatoms. The fraction of sp³-hybridized carbons (Fsp3) is 0.375. The second kappa shape index (κ2) is 5.83. The van der Waals surface area contributed by atoms with E-state index in [9.17, 15) is 0 Å². The van der Waals surface area contributed by atoms with Crippen LogP contribution in [0.2, 0.25) is 0 Å². The number of aromatic nitrogens is 2. The van der Waals surface area contributed by atoms with E-state index < -0.39 is 0 Å². The summed E-state index contributed by atoms with van der Waals surface area (Å²) >= 11 is 0. The number of benzene rings is 1. The maximum absolute atomic E-state index is 4.66. The van der Waals surface area contributed by atoms with E-state index in [1.807, 2.05) is 6.07 Å². The highest BCUT2D eigenvalue weighted by Gasteiger charge is 2.08. The second-order valence-corrected chi connectivity index (χ2v) is 4.77. The molecule has 0 bridgehead atoms. The normalized spacial score (nSPS) is 10.5. The molecule has 0 unspecified atom stereocenters. The minimum Gasteiger partial charge on any atom is -0.370 e. The molecular weight excluding hydrogens is 234 g/mol. The molecule has 0 spiro atoms. The molecule has 0 aliphatic heterocycles. The Morgan fingerprint density at radius 2 is 1.84 bits per heavy atom. The summed E-state index contributed by atoms with van der Waals surface area (Å²) in [6.07, 6.45) is 0.915. The molecule has 0 fully saturated rings. The number of nitrogens with zero attached hydrogens (tertiary/aromatic N) is 2. The topological polar surface area (TPSA) is 37.8 Å². The van der Waals surface area contributed by atoms with Crippen molar-refractivity contribution in [2.75, 3.05) is 11.9 Å². The summed E-state index contributed by atoms with van der Waals surface area (Å²) in [7, 11) is 0. The average Bonchev–Trinajstić information content (AvgIpc) is 2.41. The Morgan fingerprint density at radius 1 is 1.05 bits per heavy atom. The van der Waals surface area contributed by atoms with Crippen LogP contribution in [0.4, 0.5) is 5.82 Å². The summed E-state index contributed by atoms with van der Waals surface area (Å²) in [6, 6.07) is 8.42. The molecule has 3 nitrogen and oxygen atoms in total. The van der Waals surface area contributed by atoms with Crippen LogP contribution in [-0.2, 0) is 6.42 Å². The molecule has 0 aliphatic carbocycles. The van der Waals surface area contributed by atoms with Gasteiger partial charge in [-0.3, -0.25) is 0 Å². The van der Waals surface area contributed by atoms with Crippen LogP contribution in [-0.4, -0.2) is 16.5 Å². The molecule has 1 heterocycles. The molecule has 2 aromatic rings. The molecule has 2 rings (SSSR count). The predicted molar refractivity (Wildman–Crippen MR) is 80.5 cm³/mol. The lowest BCUT2D eigenvalue weighted by Gasteiger charge is -2.10. The Labute approximate surface area is 115 Å². The Balaban J connectivity index is 2.54. The highest BCUT2D eigenvalue weighted by atomic mass is 15.0. The fourth-order valence-corrected chi connectivity index (χ4v) is 2.05. The van der Waals surface area contributed by atoms with Crippen molar-refractivity contribution in [3.05, 3.63) is 41.1 Å². The molecule has 100 valence electrons. The molecule has 0 aliphatic rings. The van der Waals surface area contributed by atoms with E-state index in [1.165, 1.54) is 11.1 Å². The van der Waals surface area contributed by atoms with Gasteiger partial charge in [0.25, 0.3) is 0 Å². The van der Waals surface area contributed by atoms with Crippen molar-refractivity contribution >= 4 is 5.82 Å². The summed E-state index contributed by atoms with van der Waals surface area (Å²) in [5, 5.41) is 3.28. The Hall–Kier alpha value is -1.90. The van der Waals surface area contributed by atoms with E-state index in [2.05, 4.69) is 61.2 Å². The second-order valence-electron chi connectivity index (χ2n) is 4.77. The molecular formula is C16H21N3. The smallest absolute Gasteiger partial charge is 0.162 e. The van der Waals surface area contributed by atoms with Crippen molar-refractivity contribution in [3.63, 3.8) is 0 Å². The van der Waals surface area contributed by atoms with Gasteiger partial charge >= 0.3 is 0 Å². The van der Waals surface area contributed by atoms with Gasteiger partial charge in [0.05, 0.1) is 0 Å². The van der Waals surface area contributed by atoms with Crippen molar-refractivity contribution in [2.24, 2.45) is 0 Å². The summed E-state index contributed by atoms with van der Waals surface area (Å²) in [6.45, 7) is 9.25. The van der Waals surface area contributed by atoms with Gasteiger partial charge in [0, 0.05) is 23.9 Å².